The number of alkyl halides is 6. The molecule has 0 fully saturated rings. The minimum atomic E-state index is -4.86. The lowest BCUT2D eigenvalue weighted by molar-refractivity contribution is -0.142. The highest BCUT2D eigenvalue weighted by Gasteiger charge is 2.38. The molecule has 1 N–H and O–H groups in total. The quantitative estimate of drug-likeness (QED) is 0.800. The minimum Gasteiger partial charge on any atom is -0.350 e. The first kappa shape index (κ1) is 19.9. The Balaban J connectivity index is 2.04. The van der Waals surface area contributed by atoms with E-state index >= 15 is 0 Å². The van der Waals surface area contributed by atoms with Crippen LogP contribution in [0, 0.1) is 0 Å². The average Bonchev–Trinajstić information content (AvgIpc) is 2.54. The van der Waals surface area contributed by atoms with Gasteiger partial charge in [-0.2, -0.15) is 26.3 Å². The Morgan fingerprint density at radius 1 is 1.04 bits per heavy atom. The van der Waals surface area contributed by atoms with Gasteiger partial charge in [-0.15, -0.1) is 0 Å². The molecule has 2 heterocycles. The van der Waals surface area contributed by atoms with Crippen LogP contribution in [0.5, 0.6) is 0 Å². The first-order chi connectivity index (χ1) is 12.0. The number of hydrogen-bond acceptors (Lipinski definition) is 4. The van der Waals surface area contributed by atoms with Crippen molar-refractivity contribution >= 4 is 17.5 Å². The SMILES string of the molecule is O=C(NCCc1ncc(C(F)(F)F)cc1Cl)c1nccnc1C(F)(F)F. The fourth-order valence-corrected chi connectivity index (χ4v) is 2.16. The van der Waals surface area contributed by atoms with Crippen molar-refractivity contribution in [2.24, 2.45) is 0 Å². The zero-order chi connectivity index (χ0) is 19.5. The van der Waals surface area contributed by atoms with E-state index in [0.717, 1.165) is 12.4 Å². The van der Waals surface area contributed by atoms with Crippen molar-refractivity contribution in [3.8, 4) is 0 Å². The van der Waals surface area contributed by atoms with Gasteiger partial charge >= 0.3 is 12.4 Å². The summed E-state index contributed by atoms with van der Waals surface area (Å²) in [5.41, 5.74) is -3.34. The predicted octanol–water partition coefficient (Wildman–Crippen LogP) is 3.54. The second kappa shape index (κ2) is 7.44. The maximum absolute atomic E-state index is 12.8. The summed E-state index contributed by atoms with van der Waals surface area (Å²) in [4.78, 5) is 21.9. The molecule has 0 unspecified atom stereocenters. The van der Waals surface area contributed by atoms with Gasteiger partial charge in [-0.3, -0.25) is 9.78 Å². The summed E-state index contributed by atoms with van der Waals surface area (Å²) in [7, 11) is 0. The lowest BCUT2D eigenvalue weighted by Crippen LogP contribution is -2.30. The Morgan fingerprint density at radius 2 is 1.69 bits per heavy atom. The molecule has 2 aromatic heterocycles. The molecule has 26 heavy (non-hydrogen) atoms. The summed E-state index contributed by atoms with van der Waals surface area (Å²) in [6.07, 6.45) is -7.26. The van der Waals surface area contributed by atoms with Crippen LogP contribution >= 0.6 is 11.6 Å². The number of hydrogen-bond donors (Lipinski definition) is 1. The molecule has 5 nitrogen and oxygen atoms in total. The number of amides is 1. The zero-order valence-electron chi connectivity index (χ0n) is 12.6. The monoisotopic (exact) mass is 398 g/mol. The Bertz CT molecular complexity index is 809. The van der Waals surface area contributed by atoms with Gasteiger partial charge < -0.3 is 5.32 Å². The zero-order valence-corrected chi connectivity index (χ0v) is 13.4. The van der Waals surface area contributed by atoms with Gasteiger partial charge in [0.2, 0.25) is 0 Å². The lowest BCUT2D eigenvalue weighted by atomic mass is 10.2. The van der Waals surface area contributed by atoms with Crippen molar-refractivity contribution in [3.63, 3.8) is 0 Å². The fraction of sp³-hybridized carbons (Fsp3) is 0.286. The maximum atomic E-state index is 12.8. The van der Waals surface area contributed by atoms with E-state index in [1.54, 1.807) is 0 Å². The standard InChI is InChI=1S/C14H9ClF6N4O/c15-8-5-7(13(16,17)18)6-25-9(8)1-2-24-12(26)10-11(14(19,20)21)23-4-3-22-10/h3-6H,1-2H2,(H,24,26). The van der Waals surface area contributed by atoms with Gasteiger partial charge in [0.05, 0.1) is 16.3 Å². The molecule has 0 aliphatic rings. The summed E-state index contributed by atoms with van der Waals surface area (Å²) in [6.45, 7) is -0.217. The molecule has 2 aromatic rings. The molecule has 0 bridgehead atoms. The molecule has 1 amide bonds. The van der Waals surface area contributed by atoms with Gasteiger partial charge in [-0.25, -0.2) is 9.97 Å². The van der Waals surface area contributed by atoms with E-state index in [9.17, 15) is 31.1 Å². The van der Waals surface area contributed by atoms with Gasteiger partial charge in [0.1, 0.15) is 0 Å². The highest BCUT2D eigenvalue weighted by Crippen LogP contribution is 2.31. The molecule has 0 saturated carbocycles. The van der Waals surface area contributed by atoms with Crippen LogP contribution in [0.4, 0.5) is 26.3 Å². The minimum absolute atomic E-state index is 0.0511. The fourth-order valence-electron chi connectivity index (χ4n) is 1.90. The van der Waals surface area contributed by atoms with Crippen molar-refractivity contribution < 1.29 is 31.1 Å². The molecular weight excluding hydrogens is 390 g/mol. The molecule has 0 spiro atoms. The van der Waals surface area contributed by atoms with Gasteiger partial charge in [0.15, 0.2) is 11.4 Å². The lowest BCUT2D eigenvalue weighted by Gasteiger charge is -2.11. The van der Waals surface area contributed by atoms with Crippen LogP contribution in [0.2, 0.25) is 5.02 Å². The second-order valence-corrected chi connectivity index (χ2v) is 5.31. The number of pyridine rings is 1. The van der Waals surface area contributed by atoms with Crippen molar-refractivity contribution in [2.75, 3.05) is 6.54 Å². The van der Waals surface area contributed by atoms with Gasteiger partial charge in [-0.05, 0) is 6.07 Å². The van der Waals surface area contributed by atoms with E-state index in [0.29, 0.717) is 12.3 Å². The average molecular weight is 399 g/mol. The third-order valence-electron chi connectivity index (χ3n) is 3.07. The van der Waals surface area contributed by atoms with Crippen molar-refractivity contribution in [3.05, 3.63) is 52.3 Å². The summed E-state index contributed by atoms with van der Waals surface area (Å²) in [6, 6.07) is 0.677. The number of rotatable bonds is 4. The summed E-state index contributed by atoms with van der Waals surface area (Å²) in [5, 5.41) is 1.90. The van der Waals surface area contributed by atoms with Crippen LogP contribution in [-0.2, 0) is 18.8 Å². The van der Waals surface area contributed by atoms with Crippen molar-refractivity contribution in [1.82, 2.24) is 20.3 Å². The van der Waals surface area contributed by atoms with Crippen LogP contribution in [0.1, 0.15) is 27.4 Å². The smallest absolute Gasteiger partial charge is 0.350 e. The first-order valence-corrected chi connectivity index (χ1v) is 7.26. The molecular formula is C14H9ClF6N4O. The largest absolute Gasteiger partial charge is 0.435 e. The van der Waals surface area contributed by atoms with E-state index in [1.165, 1.54) is 0 Å². The third kappa shape index (κ3) is 4.81. The van der Waals surface area contributed by atoms with Gasteiger partial charge in [0, 0.05) is 31.6 Å². The van der Waals surface area contributed by atoms with E-state index in [-0.39, 0.29) is 23.7 Å². The molecule has 0 atom stereocenters. The Morgan fingerprint density at radius 3 is 2.27 bits per heavy atom. The number of carbonyl (C=O) groups excluding carboxylic acids is 1. The van der Waals surface area contributed by atoms with E-state index in [2.05, 4.69) is 20.3 Å². The molecule has 0 aromatic carbocycles. The number of halogens is 7. The molecule has 2 rings (SSSR count). The molecule has 0 aliphatic heterocycles. The van der Waals surface area contributed by atoms with Crippen LogP contribution < -0.4 is 5.32 Å². The third-order valence-corrected chi connectivity index (χ3v) is 3.40. The van der Waals surface area contributed by atoms with Gasteiger partial charge in [0.25, 0.3) is 5.91 Å². The molecule has 0 aliphatic carbocycles. The number of aromatic nitrogens is 3. The Labute approximate surface area is 147 Å². The molecule has 0 saturated heterocycles. The van der Waals surface area contributed by atoms with Crippen LogP contribution in [-0.4, -0.2) is 27.4 Å². The van der Waals surface area contributed by atoms with E-state index < -0.39 is 35.2 Å². The van der Waals surface area contributed by atoms with Crippen molar-refractivity contribution in [1.29, 1.82) is 0 Å². The van der Waals surface area contributed by atoms with Gasteiger partial charge in [-0.1, -0.05) is 11.6 Å². The second-order valence-electron chi connectivity index (χ2n) is 4.91. The highest BCUT2D eigenvalue weighted by atomic mass is 35.5. The summed E-state index contributed by atoms with van der Waals surface area (Å²) in [5.74, 6) is -1.13. The molecule has 140 valence electrons. The van der Waals surface area contributed by atoms with Crippen molar-refractivity contribution in [2.45, 2.75) is 18.8 Å². The molecule has 12 heteroatoms. The van der Waals surface area contributed by atoms with E-state index in [4.69, 9.17) is 11.6 Å². The number of nitrogens with zero attached hydrogens (tertiary/aromatic N) is 3. The topological polar surface area (TPSA) is 67.8 Å². The number of nitrogens with one attached hydrogen (secondary N) is 1. The Hall–Kier alpha value is -2.43. The Kier molecular flexibility index (Phi) is 5.69. The summed E-state index contributed by atoms with van der Waals surface area (Å²) >= 11 is 5.71. The number of carbonyl (C=O) groups is 1. The summed E-state index contributed by atoms with van der Waals surface area (Å²) < 4.78 is 75.9. The highest BCUT2D eigenvalue weighted by molar-refractivity contribution is 6.31. The van der Waals surface area contributed by atoms with E-state index in [1.807, 2.05) is 0 Å². The first-order valence-electron chi connectivity index (χ1n) is 6.88. The van der Waals surface area contributed by atoms with Crippen LogP contribution in [0.25, 0.3) is 0 Å². The van der Waals surface area contributed by atoms with Crippen LogP contribution in [0.15, 0.2) is 24.7 Å². The predicted molar refractivity (Wildman–Crippen MR) is 77.3 cm³/mol. The molecule has 0 radical (unpaired) electrons. The maximum Gasteiger partial charge on any atom is 0.435 e. The normalized spacial score (nSPS) is 12.1. The van der Waals surface area contributed by atoms with Crippen LogP contribution in [0.3, 0.4) is 0 Å².